The molecule has 0 radical (unpaired) electrons. The largest absolute Gasteiger partial charge is 0.497 e. The smallest absolute Gasteiger partial charge is 0.223 e. The number of aromatic nitrogens is 1. The molecule has 0 spiro atoms. The number of hydrogen-bond acceptors (Lipinski definition) is 2. The Kier molecular flexibility index (Phi) is 4.97. The summed E-state index contributed by atoms with van der Waals surface area (Å²) in [6.45, 7) is 1.59. The molecule has 0 saturated carbocycles. The van der Waals surface area contributed by atoms with Gasteiger partial charge in [-0.3, -0.25) is 4.79 Å². The quantitative estimate of drug-likeness (QED) is 0.688. The lowest BCUT2D eigenvalue weighted by atomic mass is 9.99. The summed E-state index contributed by atoms with van der Waals surface area (Å²) in [7, 11) is 1.66. The van der Waals surface area contributed by atoms with Gasteiger partial charge in [-0.25, -0.2) is 0 Å². The van der Waals surface area contributed by atoms with Crippen LogP contribution in [0.25, 0.3) is 0 Å². The summed E-state index contributed by atoms with van der Waals surface area (Å²) in [6, 6.07) is 22.4. The van der Waals surface area contributed by atoms with Crippen molar-refractivity contribution in [2.45, 2.75) is 25.4 Å². The Balaban J connectivity index is 1.53. The summed E-state index contributed by atoms with van der Waals surface area (Å²) in [5, 5.41) is 0. The second-order valence-electron chi connectivity index (χ2n) is 6.87. The maximum Gasteiger partial charge on any atom is 0.223 e. The van der Waals surface area contributed by atoms with Crippen molar-refractivity contribution in [1.82, 2.24) is 9.47 Å². The monoisotopic (exact) mass is 360 g/mol. The van der Waals surface area contributed by atoms with Gasteiger partial charge in [-0.2, -0.15) is 0 Å². The maximum absolute atomic E-state index is 13.1. The SMILES string of the molecule is COc1ccc(CCC(=O)N2CCn3cccc3C2c2ccccc2)cc1. The number of amides is 1. The molecule has 1 aliphatic heterocycles. The molecule has 0 fully saturated rings. The maximum atomic E-state index is 13.1. The molecule has 4 nitrogen and oxygen atoms in total. The predicted molar refractivity (Wildman–Crippen MR) is 106 cm³/mol. The van der Waals surface area contributed by atoms with Gasteiger partial charge in [0, 0.05) is 31.4 Å². The van der Waals surface area contributed by atoms with Crippen molar-refractivity contribution in [2.24, 2.45) is 0 Å². The number of rotatable bonds is 5. The third-order valence-electron chi connectivity index (χ3n) is 5.26. The summed E-state index contributed by atoms with van der Waals surface area (Å²) in [6.07, 6.45) is 3.35. The van der Waals surface area contributed by atoms with Crippen LogP contribution in [0.4, 0.5) is 0 Å². The molecule has 1 aromatic heterocycles. The number of fused-ring (bicyclic) bond motifs is 1. The Morgan fingerprint density at radius 1 is 1.00 bits per heavy atom. The first-order chi connectivity index (χ1) is 13.3. The van der Waals surface area contributed by atoms with Crippen molar-refractivity contribution < 1.29 is 9.53 Å². The van der Waals surface area contributed by atoms with Gasteiger partial charge in [0.15, 0.2) is 0 Å². The van der Waals surface area contributed by atoms with E-state index < -0.39 is 0 Å². The van der Waals surface area contributed by atoms with Crippen molar-refractivity contribution >= 4 is 5.91 Å². The molecule has 3 aromatic rings. The fourth-order valence-corrected chi connectivity index (χ4v) is 3.83. The minimum atomic E-state index is -0.0154. The van der Waals surface area contributed by atoms with Gasteiger partial charge in [-0.1, -0.05) is 42.5 Å². The normalized spacial score (nSPS) is 16.0. The van der Waals surface area contributed by atoms with E-state index in [0.29, 0.717) is 6.42 Å². The Hall–Kier alpha value is -3.01. The topological polar surface area (TPSA) is 34.5 Å². The summed E-state index contributed by atoms with van der Waals surface area (Å²) in [5.74, 6) is 1.04. The van der Waals surface area contributed by atoms with Crippen LogP contribution in [0.2, 0.25) is 0 Å². The molecule has 0 aliphatic carbocycles. The zero-order valence-corrected chi connectivity index (χ0v) is 15.5. The molecular weight excluding hydrogens is 336 g/mol. The first kappa shape index (κ1) is 17.4. The molecule has 4 rings (SSSR count). The number of carbonyl (C=O) groups excluding carboxylic acids is 1. The highest BCUT2D eigenvalue weighted by atomic mass is 16.5. The predicted octanol–water partition coefficient (Wildman–Crippen LogP) is 4.06. The molecule has 1 unspecified atom stereocenters. The van der Waals surface area contributed by atoms with Crippen LogP contribution >= 0.6 is 0 Å². The van der Waals surface area contributed by atoms with Crippen molar-refractivity contribution in [1.29, 1.82) is 0 Å². The van der Waals surface area contributed by atoms with Gasteiger partial charge < -0.3 is 14.2 Å². The molecule has 1 amide bonds. The molecule has 2 aromatic carbocycles. The molecule has 2 heterocycles. The Labute approximate surface area is 160 Å². The van der Waals surface area contributed by atoms with E-state index >= 15 is 0 Å². The molecule has 138 valence electrons. The fourth-order valence-electron chi connectivity index (χ4n) is 3.83. The second-order valence-corrected chi connectivity index (χ2v) is 6.87. The zero-order valence-electron chi connectivity index (χ0n) is 15.5. The van der Waals surface area contributed by atoms with Crippen molar-refractivity contribution in [3.63, 3.8) is 0 Å². The molecule has 4 heteroatoms. The van der Waals surface area contributed by atoms with E-state index in [4.69, 9.17) is 4.74 Å². The number of carbonyl (C=O) groups is 1. The minimum absolute atomic E-state index is 0.0154. The summed E-state index contributed by atoms with van der Waals surface area (Å²) >= 11 is 0. The number of aryl methyl sites for hydroxylation is 1. The van der Waals surface area contributed by atoms with Crippen LogP contribution in [0.15, 0.2) is 72.9 Å². The highest BCUT2D eigenvalue weighted by molar-refractivity contribution is 5.77. The van der Waals surface area contributed by atoms with Crippen molar-refractivity contribution in [3.05, 3.63) is 89.7 Å². The van der Waals surface area contributed by atoms with Gasteiger partial charge in [0.2, 0.25) is 5.91 Å². The van der Waals surface area contributed by atoms with E-state index in [2.05, 4.69) is 35.0 Å². The first-order valence-corrected chi connectivity index (χ1v) is 9.38. The third kappa shape index (κ3) is 3.61. The Bertz CT molecular complexity index is 900. The van der Waals surface area contributed by atoms with E-state index in [1.54, 1.807) is 7.11 Å². The van der Waals surface area contributed by atoms with Gasteiger partial charge >= 0.3 is 0 Å². The van der Waals surface area contributed by atoms with Crippen LogP contribution < -0.4 is 4.74 Å². The number of benzene rings is 2. The van der Waals surface area contributed by atoms with Gasteiger partial charge in [0.25, 0.3) is 0 Å². The Morgan fingerprint density at radius 3 is 2.52 bits per heavy atom. The summed E-state index contributed by atoms with van der Waals surface area (Å²) in [5.41, 5.74) is 3.50. The van der Waals surface area contributed by atoms with Crippen LogP contribution in [-0.4, -0.2) is 29.0 Å². The standard InChI is InChI=1S/C23H24N2O2/c1-27-20-12-9-18(10-13-20)11-14-22(26)25-17-16-24-15-5-8-21(24)23(25)19-6-3-2-4-7-19/h2-10,12-13,15,23H,11,14,16-17H2,1H3. The van der Waals surface area contributed by atoms with Gasteiger partial charge in [-0.15, -0.1) is 0 Å². The number of hydrogen-bond donors (Lipinski definition) is 0. The van der Waals surface area contributed by atoms with Crippen molar-refractivity contribution in [3.8, 4) is 5.75 Å². The summed E-state index contributed by atoms with van der Waals surface area (Å²) < 4.78 is 7.46. The lowest BCUT2D eigenvalue weighted by Crippen LogP contribution is -2.42. The zero-order chi connectivity index (χ0) is 18.6. The number of nitrogens with zero attached hydrogens (tertiary/aromatic N) is 2. The molecule has 0 saturated heterocycles. The molecule has 1 aliphatic rings. The molecule has 1 atom stereocenters. The number of methoxy groups -OCH3 is 1. The van der Waals surface area contributed by atoms with Gasteiger partial charge in [-0.05, 0) is 41.8 Å². The van der Waals surface area contributed by atoms with Crippen LogP contribution in [0.5, 0.6) is 5.75 Å². The van der Waals surface area contributed by atoms with Crippen molar-refractivity contribution in [2.75, 3.05) is 13.7 Å². The van der Waals surface area contributed by atoms with E-state index in [-0.39, 0.29) is 11.9 Å². The fraction of sp³-hybridized carbons (Fsp3) is 0.261. The second kappa shape index (κ2) is 7.70. The summed E-state index contributed by atoms with van der Waals surface area (Å²) in [4.78, 5) is 15.1. The molecule has 0 N–H and O–H groups in total. The van der Waals surface area contributed by atoms with Gasteiger partial charge in [0.05, 0.1) is 13.2 Å². The van der Waals surface area contributed by atoms with Crippen LogP contribution in [-0.2, 0) is 17.8 Å². The molecule has 0 bridgehead atoms. The van der Waals surface area contributed by atoms with Crippen LogP contribution in [0, 0.1) is 0 Å². The van der Waals surface area contributed by atoms with Crippen LogP contribution in [0.3, 0.4) is 0 Å². The first-order valence-electron chi connectivity index (χ1n) is 9.38. The lowest BCUT2D eigenvalue weighted by molar-refractivity contribution is -0.133. The highest BCUT2D eigenvalue weighted by Gasteiger charge is 2.31. The Morgan fingerprint density at radius 2 is 1.78 bits per heavy atom. The highest BCUT2D eigenvalue weighted by Crippen LogP contribution is 2.32. The average molecular weight is 360 g/mol. The molecule has 27 heavy (non-hydrogen) atoms. The minimum Gasteiger partial charge on any atom is -0.497 e. The van der Waals surface area contributed by atoms with E-state index in [9.17, 15) is 4.79 Å². The number of ether oxygens (including phenoxy) is 1. The van der Waals surface area contributed by atoms with Gasteiger partial charge in [0.1, 0.15) is 5.75 Å². The average Bonchev–Trinajstić information content (AvgIpc) is 3.21. The lowest BCUT2D eigenvalue weighted by Gasteiger charge is -2.37. The van der Waals surface area contributed by atoms with E-state index in [1.807, 2.05) is 47.4 Å². The van der Waals surface area contributed by atoms with E-state index in [0.717, 1.165) is 36.4 Å². The van der Waals surface area contributed by atoms with Crippen LogP contribution in [0.1, 0.15) is 29.3 Å². The molecular formula is C23H24N2O2. The third-order valence-corrected chi connectivity index (χ3v) is 5.26. The van der Waals surface area contributed by atoms with E-state index in [1.165, 1.54) is 5.69 Å².